The minimum Gasteiger partial charge on any atom is -0.481 e. The molecule has 116 valence electrons. The molecule has 1 unspecified atom stereocenters. The van der Waals surface area contributed by atoms with Gasteiger partial charge in [-0.1, -0.05) is 12.8 Å². The van der Waals surface area contributed by atoms with Gasteiger partial charge in [0.15, 0.2) is 0 Å². The highest BCUT2D eigenvalue weighted by Gasteiger charge is 2.48. The van der Waals surface area contributed by atoms with Gasteiger partial charge in [0.1, 0.15) is 0 Å². The molecule has 3 rings (SSSR count). The highest BCUT2D eigenvalue weighted by atomic mass is 16.4. The Morgan fingerprint density at radius 2 is 1.86 bits per heavy atom. The first-order chi connectivity index (χ1) is 10.1. The number of imide groups is 1. The SMILES string of the molecule is O=C(O)CCN(C1CC1)C1CC(=O)N(C2CCCC2)C1=O. The zero-order chi connectivity index (χ0) is 15.0. The number of carbonyl (C=O) groups excluding carboxylic acids is 2. The summed E-state index contributed by atoms with van der Waals surface area (Å²) >= 11 is 0. The van der Waals surface area contributed by atoms with Crippen molar-refractivity contribution in [1.82, 2.24) is 9.80 Å². The third-order valence-corrected chi connectivity index (χ3v) is 4.85. The van der Waals surface area contributed by atoms with Crippen molar-refractivity contribution in [2.75, 3.05) is 6.54 Å². The van der Waals surface area contributed by atoms with Crippen molar-refractivity contribution in [1.29, 1.82) is 0 Å². The van der Waals surface area contributed by atoms with Crippen LogP contribution in [0.25, 0.3) is 0 Å². The van der Waals surface area contributed by atoms with Gasteiger partial charge in [-0.3, -0.25) is 24.2 Å². The van der Waals surface area contributed by atoms with Gasteiger partial charge < -0.3 is 5.11 Å². The second-order valence-corrected chi connectivity index (χ2v) is 6.37. The van der Waals surface area contributed by atoms with Crippen molar-refractivity contribution in [3.05, 3.63) is 0 Å². The van der Waals surface area contributed by atoms with Crippen molar-refractivity contribution in [2.45, 2.75) is 69.5 Å². The molecule has 2 amide bonds. The topological polar surface area (TPSA) is 77.9 Å². The number of amides is 2. The predicted octanol–water partition coefficient (Wildman–Crippen LogP) is 0.996. The van der Waals surface area contributed by atoms with Crippen LogP contribution in [0.2, 0.25) is 0 Å². The van der Waals surface area contributed by atoms with E-state index in [2.05, 4.69) is 0 Å². The molecular weight excluding hydrogens is 272 g/mol. The molecule has 1 aliphatic heterocycles. The van der Waals surface area contributed by atoms with Crippen LogP contribution < -0.4 is 0 Å². The summed E-state index contributed by atoms with van der Waals surface area (Å²) in [5.74, 6) is -1.02. The van der Waals surface area contributed by atoms with Gasteiger partial charge in [0, 0.05) is 18.6 Å². The lowest BCUT2D eigenvalue weighted by Crippen LogP contribution is -2.46. The minimum absolute atomic E-state index is 0.0257. The number of likely N-dealkylation sites (tertiary alicyclic amines) is 1. The molecule has 0 aromatic heterocycles. The third-order valence-electron chi connectivity index (χ3n) is 4.85. The zero-order valence-electron chi connectivity index (χ0n) is 12.2. The van der Waals surface area contributed by atoms with Gasteiger partial charge in [-0.15, -0.1) is 0 Å². The van der Waals surface area contributed by atoms with Crippen molar-refractivity contribution in [3.8, 4) is 0 Å². The standard InChI is InChI=1S/C15H22N2O4/c18-13-9-12(15(21)17(13)11-3-1-2-4-11)16(10-5-6-10)8-7-14(19)20/h10-12H,1-9H2,(H,19,20). The summed E-state index contributed by atoms with van der Waals surface area (Å²) < 4.78 is 0. The Balaban J connectivity index is 1.70. The number of nitrogens with zero attached hydrogens (tertiary/aromatic N) is 2. The van der Waals surface area contributed by atoms with Crippen molar-refractivity contribution in [2.24, 2.45) is 0 Å². The van der Waals surface area contributed by atoms with Gasteiger partial charge in [-0.05, 0) is 25.7 Å². The van der Waals surface area contributed by atoms with Gasteiger partial charge in [0.25, 0.3) is 0 Å². The monoisotopic (exact) mass is 294 g/mol. The van der Waals surface area contributed by atoms with Crippen LogP contribution in [0.15, 0.2) is 0 Å². The number of hydrogen-bond acceptors (Lipinski definition) is 4. The first-order valence-electron chi connectivity index (χ1n) is 7.91. The fraction of sp³-hybridized carbons (Fsp3) is 0.800. The van der Waals surface area contributed by atoms with E-state index in [0.717, 1.165) is 38.5 Å². The lowest BCUT2D eigenvalue weighted by molar-refractivity contribution is -0.143. The van der Waals surface area contributed by atoms with Crippen LogP contribution in [0.1, 0.15) is 51.4 Å². The van der Waals surface area contributed by atoms with E-state index in [4.69, 9.17) is 5.11 Å². The van der Waals surface area contributed by atoms with Crippen LogP contribution >= 0.6 is 0 Å². The normalized spacial score (nSPS) is 27.1. The summed E-state index contributed by atoms with van der Waals surface area (Å²) in [6.07, 6.45) is 6.26. The van der Waals surface area contributed by atoms with Crippen LogP contribution in [0, 0.1) is 0 Å². The van der Waals surface area contributed by atoms with E-state index in [9.17, 15) is 14.4 Å². The maximum absolute atomic E-state index is 12.6. The Morgan fingerprint density at radius 3 is 2.43 bits per heavy atom. The molecule has 21 heavy (non-hydrogen) atoms. The first kappa shape index (κ1) is 14.5. The molecule has 3 aliphatic rings. The summed E-state index contributed by atoms with van der Waals surface area (Å²) in [7, 11) is 0. The summed E-state index contributed by atoms with van der Waals surface area (Å²) in [6.45, 7) is 0.363. The van der Waals surface area contributed by atoms with E-state index in [1.807, 2.05) is 4.90 Å². The van der Waals surface area contributed by atoms with E-state index in [1.165, 1.54) is 4.90 Å². The highest BCUT2D eigenvalue weighted by molar-refractivity contribution is 6.06. The molecule has 2 aliphatic carbocycles. The number of aliphatic carboxylic acids is 1. The van der Waals surface area contributed by atoms with Crippen molar-refractivity contribution in [3.63, 3.8) is 0 Å². The van der Waals surface area contributed by atoms with E-state index in [0.29, 0.717) is 6.54 Å². The molecule has 0 radical (unpaired) electrons. The second kappa shape index (κ2) is 5.75. The Bertz CT molecular complexity index is 455. The lowest BCUT2D eigenvalue weighted by Gasteiger charge is -2.28. The molecule has 6 nitrogen and oxygen atoms in total. The molecule has 1 N–H and O–H groups in total. The number of rotatable bonds is 6. The average Bonchev–Trinajstić information content (AvgIpc) is 3.04. The third kappa shape index (κ3) is 2.95. The quantitative estimate of drug-likeness (QED) is 0.739. The molecular formula is C15H22N2O4. The van der Waals surface area contributed by atoms with E-state index in [-0.39, 0.29) is 36.7 Å². The number of carbonyl (C=O) groups is 3. The van der Waals surface area contributed by atoms with Crippen LogP contribution in [-0.4, -0.2) is 57.4 Å². The Morgan fingerprint density at radius 1 is 1.19 bits per heavy atom. The molecule has 1 heterocycles. The number of carboxylic acid groups (broad SMARTS) is 1. The Labute approximate surface area is 124 Å². The molecule has 0 bridgehead atoms. The fourth-order valence-electron chi connectivity index (χ4n) is 3.66. The fourth-order valence-corrected chi connectivity index (χ4v) is 3.66. The molecule has 0 aromatic carbocycles. The summed E-state index contributed by atoms with van der Waals surface area (Å²) in [5, 5.41) is 8.86. The maximum Gasteiger partial charge on any atom is 0.304 e. The zero-order valence-corrected chi connectivity index (χ0v) is 12.2. The van der Waals surface area contributed by atoms with E-state index >= 15 is 0 Å². The molecule has 3 fully saturated rings. The largest absolute Gasteiger partial charge is 0.481 e. The summed E-state index contributed by atoms with van der Waals surface area (Å²) in [5.41, 5.74) is 0. The van der Waals surface area contributed by atoms with E-state index in [1.54, 1.807) is 0 Å². The van der Waals surface area contributed by atoms with Crippen LogP contribution in [0.5, 0.6) is 0 Å². The second-order valence-electron chi connectivity index (χ2n) is 6.37. The molecule has 2 saturated carbocycles. The van der Waals surface area contributed by atoms with E-state index < -0.39 is 12.0 Å². The minimum atomic E-state index is -0.856. The lowest BCUT2D eigenvalue weighted by atomic mass is 10.2. The number of hydrogen-bond donors (Lipinski definition) is 1. The van der Waals surface area contributed by atoms with Gasteiger partial charge in [-0.2, -0.15) is 0 Å². The molecule has 1 saturated heterocycles. The van der Waals surface area contributed by atoms with Gasteiger partial charge in [0.05, 0.1) is 18.9 Å². The van der Waals surface area contributed by atoms with Gasteiger partial charge >= 0.3 is 5.97 Å². The number of carboxylic acids is 1. The van der Waals surface area contributed by atoms with Crippen molar-refractivity contribution < 1.29 is 19.5 Å². The van der Waals surface area contributed by atoms with Gasteiger partial charge in [0.2, 0.25) is 11.8 Å². The molecule has 0 spiro atoms. The Kier molecular flexibility index (Phi) is 3.97. The predicted molar refractivity (Wildman–Crippen MR) is 74.5 cm³/mol. The molecule has 6 heteroatoms. The maximum atomic E-state index is 12.6. The van der Waals surface area contributed by atoms with Crippen LogP contribution in [-0.2, 0) is 14.4 Å². The van der Waals surface area contributed by atoms with Crippen LogP contribution in [0.3, 0.4) is 0 Å². The summed E-state index contributed by atoms with van der Waals surface area (Å²) in [6, 6.07) is -0.0601. The first-order valence-corrected chi connectivity index (χ1v) is 7.91. The van der Waals surface area contributed by atoms with Crippen LogP contribution in [0.4, 0.5) is 0 Å². The van der Waals surface area contributed by atoms with Crippen molar-refractivity contribution >= 4 is 17.8 Å². The smallest absolute Gasteiger partial charge is 0.304 e. The van der Waals surface area contributed by atoms with Gasteiger partial charge in [-0.25, -0.2) is 0 Å². The average molecular weight is 294 g/mol. The summed E-state index contributed by atoms with van der Waals surface area (Å²) in [4.78, 5) is 39.1. The highest BCUT2D eigenvalue weighted by Crippen LogP contribution is 2.35. The molecule has 1 atom stereocenters. The molecule has 0 aromatic rings. The Hall–Kier alpha value is -1.43.